The van der Waals surface area contributed by atoms with Crippen LogP contribution in [0.1, 0.15) is 32.4 Å². The number of piperazine rings is 1. The summed E-state index contributed by atoms with van der Waals surface area (Å²) < 4.78 is 34.8. The minimum absolute atomic E-state index is 0.0381. The fourth-order valence-corrected chi connectivity index (χ4v) is 2.36. The van der Waals surface area contributed by atoms with Crippen molar-refractivity contribution in [3.8, 4) is 5.75 Å². The Morgan fingerprint density at radius 3 is 2.62 bits per heavy atom. The number of benzene rings is 1. The molecule has 24 heavy (non-hydrogen) atoms. The van der Waals surface area contributed by atoms with Gasteiger partial charge in [0.1, 0.15) is 17.9 Å². The van der Waals surface area contributed by atoms with Gasteiger partial charge in [-0.2, -0.15) is 8.78 Å². The molecular formula is C16H20F2N2O4. The van der Waals surface area contributed by atoms with Crippen molar-refractivity contribution in [3.63, 3.8) is 0 Å². The highest BCUT2D eigenvalue weighted by molar-refractivity contribution is 5.84. The summed E-state index contributed by atoms with van der Waals surface area (Å²) in [6.07, 6.45) is -0.630. The third-order valence-corrected chi connectivity index (χ3v) is 3.23. The quantitative estimate of drug-likeness (QED) is 0.917. The van der Waals surface area contributed by atoms with E-state index in [2.05, 4.69) is 10.1 Å². The normalized spacial score (nSPS) is 18.3. The average molecular weight is 342 g/mol. The summed E-state index contributed by atoms with van der Waals surface area (Å²) >= 11 is 0. The summed E-state index contributed by atoms with van der Waals surface area (Å²) in [4.78, 5) is 25.3. The molecule has 0 aliphatic carbocycles. The van der Waals surface area contributed by atoms with Gasteiger partial charge in [-0.1, -0.05) is 18.2 Å². The van der Waals surface area contributed by atoms with E-state index in [0.717, 1.165) is 0 Å². The van der Waals surface area contributed by atoms with Gasteiger partial charge in [0.15, 0.2) is 0 Å². The standard InChI is InChI=1S/C16H20F2N2O4/c1-16(2,3)24-15(22)20-8-11(19-13(21)9-20)10-6-4-5-7-12(10)23-14(17)18/h4-7,11,14H,8-9H2,1-3H3,(H,19,21). The molecule has 1 heterocycles. The van der Waals surface area contributed by atoms with E-state index in [1.54, 1.807) is 39.0 Å². The van der Waals surface area contributed by atoms with Gasteiger partial charge in [-0.15, -0.1) is 0 Å². The number of rotatable bonds is 3. The first-order valence-electron chi connectivity index (χ1n) is 7.47. The van der Waals surface area contributed by atoms with Crippen LogP contribution in [0.15, 0.2) is 24.3 Å². The van der Waals surface area contributed by atoms with Crippen molar-refractivity contribution in [1.82, 2.24) is 10.2 Å². The molecule has 1 aliphatic rings. The molecule has 0 spiro atoms. The van der Waals surface area contributed by atoms with E-state index < -0.39 is 30.3 Å². The number of ether oxygens (including phenoxy) is 2. The van der Waals surface area contributed by atoms with E-state index in [4.69, 9.17) is 4.74 Å². The zero-order valence-electron chi connectivity index (χ0n) is 13.7. The number of halogens is 2. The number of nitrogens with one attached hydrogen (secondary N) is 1. The van der Waals surface area contributed by atoms with Crippen molar-refractivity contribution >= 4 is 12.0 Å². The molecule has 0 bridgehead atoms. The van der Waals surface area contributed by atoms with Crippen molar-refractivity contribution in [2.75, 3.05) is 13.1 Å². The average Bonchev–Trinajstić information content (AvgIpc) is 2.44. The molecular weight excluding hydrogens is 322 g/mol. The number of carbonyl (C=O) groups excluding carboxylic acids is 2. The maximum atomic E-state index is 12.5. The summed E-state index contributed by atoms with van der Waals surface area (Å²) in [5.74, 6) is -0.437. The highest BCUT2D eigenvalue weighted by atomic mass is 19.3. The largest absolute Gasteiger partial charge is 0.444 e. The smallest absolute Gasteiger partial charge is 0.410 e. The number of amides is 2. The maximum absolute atomic E-state index is 12.5. The van der Waals surface area contributed by atoms with Crippen LogP contribution in [0.25, 0.3) is 0 Å². The molecule has 132 valence electrons. The van der Waals surface area contributed by atoms with Gasteiger partial charge in [0, 0.05) is 12.1 Å². The van der Waals surface area contributed by atoms with E-state index >= 15 is 0 Å². The zero-order valence-corrected chi connectivity index (χ0v) is 13.7. The van der Waals surface area contributed by atoms with Gasteiger partial charge >= 0.3 is 12.7 Å². The first kappa shape index (κ1) is 18.0. The predicted octanol–water partition coefficient (Wildman–Crippen LogP) is 2.70. The van der Waals surface area contributed by atoms with Crippen LogP contribution in [0, 0.1) is 0 Å². The van der Waals surface area contributed by atoms with Crippen LogP contribution in [0.2, 0.25) is 0 Å². The first-order chi connectivity index (χ1) is 11.2. The Morgan fingerprint density at radius 2 is 2.00 bits per heavy atom. The van der Waals surface area contributed by atoms with Crippen LogP contribution in [0.4, 0.5) is 13.6 Å². The third-order valence-electron chi connectivity index (χ3n) is 3.23. The van der Waals surface area contributed by atoms with E-state index in [1.165, 1.54) is 11.0 Å². The molecule has 1 saturated heterocycles. The summed E-state index contributed by atoms with van der Waals surface area (Å²) in [5, 5.41) is 2.68. The number of nitrogens with zero attached hydrogens (tertiary/aromatic N) is 1. The lowest BCUT2D eigenvalue weighted by Gasteiger charge is -2.34. The predicted molar refractivity (Wildman–Crippen MR) is 81.8 cm³/mol. The molecule has 8 heteroatoms. The van der Waals surface area contributed by atoms with Crippen molar-refractivity contribution in [3.05, 3.63) is 29.8 Å². The van der Waals surface area contributed by atoms with Gasteiger partial charge < -0.3 is 14.8 Å². The van der Waals surface area contributed by atoms with Gasteiger partial charge in [0.05, 0.1) is 6.04 Å². The SMILES string of the molecule is CC(C)(C)OC(=O)N1CC(=O)NC(c2ccccc2OC(F)F)C1. The number of carbonyl (C=O) groups is 2. The molecule has 1 aromatic rings. The van der Waals surface area contributed by atoms with E-state index in [9.17, 15) is 18.4 Å². The Morgan fingerprint density at radius 1 is 1.33 bits per heavy atom. The third kappa shape index (κ3) is 4.81. The van der Waals surface area contributed by atoms with E-state index in [1.807, 2.05) is 0 Å². The molecule has 0 aromatic heterocycles. The monoisotopic (exact) mass is 342 g/mol. The Bertz CT molecular complexity index is 616. The van der Waals surface area contributed by atoms with Crippen LogP contribution in [-0.4, -0.2) is 42.2 Å². The van der Waals surface area contributed by atoms with Crippen LogP contribution in [0.3, 0.4) is 0 Å². The highest BCUT2D eigenvalue weighted by Crippen LogP contribution is 2.29. The molecule has 1 N–H and O–H groups in total. The van der Waals surface area contributed by atoms with Gasteiger partial charge in [0.25, 0.3) is 0 Å². The molecule has 6 nitrogen and oxygen atoms in total. The second-order valence-corrected chi connectivity index (χ2v) is 6.40. The van der Waals surface area contributed by atoms with Crippen LogP contribution < -0.4 is 10.1 Å². The van der Waals surface area contributed by atoms with Gasteiger partial charge in [-0.25, -0.2) is 4.79 Å². The molecule has 1 unspecified atom stereocenters. The topological polar surface area (TPSA) is 67.9 Å². The van der Waals surface area contributed by atoms with Crippen LogP contribution in [0.5, 0.6) is 5.75 Å². The summed E-state index contributed by atoms with van der Waals surface area (Å²) in [5.41, 5.74) is -0.323. The summed E-state index contributed by atoms with van der Waals surface area (Å²) in [7, 11) is 0. The van der Waals surface area contributed by atoms with Crippen LogP contribution >= 0.6 is 0 Å². The zero-order chi connectivity index (χ0) is 17.9. The lowest BCUT2D eigenvalue weighted by molar-refractivity contribution is -0.125. The van der Waals surface area contributed by atoms with Crippen molar-refractivity contribution < 1.29 is 27.8 Å². The summed E-state index contributed by atoms with van der Waals surface area (Å²) in [6.45, 7) is 2.13. The molecule has 1 aromatic carbocycles. The molecule has 2 rings (SSSR count). The van der Waals surface area contributed by atoms with Crippen molar-refractivity contribution in [2.24, 2.45) is 0 Å². The van der Waals surface area contributed by atoms with Gasteiger partial charge in [-0.3, -0.25) is 9.69 Å². The summed E-state index contributed by atoms with van der Waals surface area (Å²) in [6, 6.07) is 5.50. The maximum Gasteiger partial charge on any atom is 0.410 e. The highest BCUT2D eigenvalue weighted by Gasteiger charge is 2.33. The van der Waals surface area contributed by atoms with Gasteiger partial charge in [-0.05, 0) is 26.8 Å². The number of alkyl halides is 2. The lowest BCUT2D eigenvalue weighted by Crippen LogP contribution is -2.52. The second-order valence-electron chi connectivity index (χ2n) is 6.40. The molecule has 0 radical (unpaired) electrons. The Labute approximate surface area is 138 Å². The fraction of sp³-hybridized carbons (Fsp3) is 0.500. The minimum Gasteiger partial charge on any atom is -0.444 e. The Balaban J connectivity index is 2.19. The number of hydrogen-bond acceptors (Lipinski definition) is 4. The number of hydrogen-bond donors (Lipinski definition) is 1. The molecule has 0 saturated carbocycles. The Hall–Kier alpha value is -2.38. The molecule has 1 fully saturated rings. The van der Waals surface area contributed by atoms with Crippen LogP contribution in [-0.2, 0) is 9.53 Å². The Kier molecular flexibility index (Phi) is 5.26. The lowest BCUT2D eigenvalue weighted by atomic mass is 10.0. The molecule has 1 aliphatic heterocycles. The first-order valence-corrected chi connectivity index (χ1v) is 7.47. The van der Waals surface area contributed by atoms with Crippen molar-refractivity contribution in [2.45, 2.75) is 39.0 Å². The van der Waals surface area contributed by atoms with E-state index in [0.29, 0.717) is 5.56 Å². The fourth-order valence-electron chi connectivity index (χ4n) is 2.36. The second kappa shape index (κ2) is 7.02. The molecule has 2 amide bonds. The van der Waals surface area contributed by atoms with E-state index in [-0.39, 0.29) is 18.8 Å². The minimum atomic E-state index is -2.98. The number of para-hydroxylation sites is 1. The molecule has 1 atom stereocenters. The van der Waals surface area contributed by atoms with Gasteiger partial charge in [0.2, 0.25) is 5.91 Å². The van der Waals surface area contributed by atoms with Crippen molar-refractivity contribution in [1.29, 1.82) is 0 Å².